The van der Waals surface area contributed by atoms with Crippen LogP contribution in [0.25, 0.3) is 10.9 Å². The van der Waals surface area contributed by atoms with Gasteiger partial charge in [-0.1, -0.05) is 6.07 Å². The predicted octanol–water partition coefficient (Wildman–Crippen LogP) is 3.24. The summed E-state index contributed by atoms with van der Waals surface area (Å²) in [6, 6.07) is 6.08. The summed E-state index contributed by atoms with van der Waals surface area (Å²) < 4.78 is 1.01. The van der Waals surface area contributed by atoms with E-state index in [2.05, 4.69) is 50.7 Å². The van der Waals surface area contributed by atoms with E-state index >= 15 is 0 Å². The highest BCUT2D eigenvalue weighted by molar-refractivity contribution is 9.10. The molecule has 1 heterocycles. The molecule has 0 bridgehead atoms. The number of halogens is 1. The molecule has 0 amide bonds. The van der Waals surface area contributed by atoms with Crippen LogP contribution >= 0.6 is 15.9 Å². The summed E-state index contributed by atoms with van der Waals surface area (Å²) in [6.07, 6.45) is 1.63. The fraction of sp³-hybridized carbons (Fsp3) is 0.333. The Morgan fingerprint density at radius 1 is 1.19 bits per heavy atom. The van der Waals surface area contributed by atoms with Gasteiger partial charge < -0.3 is 4.90 Å². The normalized spacial score (nSPS) is 10.7. The molecule has 1 aromatic heterocycles. The third-order valence-electron chi connectivity index (χ3n) is 2.66. The lowest BCUT2D eigenvalue weighted by molar-refractivity contribution is 0.848. The molecule has 0 radical (unpaired) electrons. The fourth-order valence-electron chi connectivity index (χ4n) is 1.81. The van der Waals surface area contributed by atoms with Crippen molar-refractivity contribution in [2.45, 2.75) is 13.8 Å². The minimum Gasteiger partial charge on any atom is -0.357 e. The lowest BCUT2D eigenvalue weighted by Crippen LogP contribution is -2.23. The second-order valence-electron chi connectivity index (χ2n) is 3.51. The van der Waals surface area contributed by atoms with E-state index in [1.165, 1.54) is 0 Å². The summed E-state index contributed by atoms with van der Waals surface area (Å²) in [5, 5.41) is 1.10. The first kappa shape index (κ1) is 11.3. The van der Waals surface area contributed by atoms with E-state index in [9.17, 15) is 0 Å². The van der Waals surface area contributed by atoms with E-state index in [1.807, 2.05) is 12.1 Å². The van der Waals surface area contributed by atoms with Gasteiger partial charge in [0.25, 0.3) is 0 Å². The van der Waals surface area contributed by atoms with Gasteiger partial charge in [0.1, 0.15) is 12.1 Å². The molecule has 0 atom stereocenters. The van der Waals surface area contributed by atoms with Crippen molar-refractivity contribution in [2.24, 2.45) is 0 Å². The SMILES string of the molecule is CCN(CC)c1ncnc2c(Br)cccc12. The number of para-hydroxylation sites is 1. The van der Waals surface area contributed by atoms with Crippen LogP contribution in [-0.2, 0) is 0 Å². The quantitative estimate of drug-likeness (QED) is 0.864. The molecule has 0 N–H and O–H groups in total. The molecule has 0 aliphatic rings. The maximum absolute atomic E-state index is 4.38. The molecule has 0 fully saturated rings. The van der Waals surface area contributed by atoms with Crippen molar-refractivity contribution in [1.82, 2.24) is 9.97 Å². The highest BCUT2D eigenvalue weighted by Crippen LogP contribution is 2.27. The zero-order valence-electron chi connectivity index (χ0n) is 9.44. The number of rotatable bonds is 3. The van der Waals surface area contributed by atoms with Crippen molar-refractivity contribution in [3.63, 3.8) is 0 Å². The molecule has 0 aliphatic heterocycles. The smallest absolute Gasteiger partial charge is 0.139 e. The molecule has 0 aliphatic carbocycles. The van der Waals surface area contributed by atoms with Gasteiger partial charge in [0.15, 0.2) is 0 Å². The standard InChI is InChI=1S/C12H14BrN3/c1-3-16(4-2)12-9-6-5-7-10(13)11(9)14-8-15-12/h5-8H,3-4H2,1-2H3. The third-order valence-corrected chi connectivity index (χ3v) is 3.30. The van der Waals surface area contributed by atoms with Crippen LogP contribution in [0.15, 0.2) is 29.0 Å². The van der Waals surface area contributed by atoms with Crippen molar-refractivity contribution in [3.05, 3.63) is 29.0 Å². The number of fused-ring (bicyclic) bond motifs is 1. The Kier molecular flexibility index (Phi) is 3.39. The van der Waals surface area contributed by atoms with E-state index in [1.54, 1.807) is 6.33 Å². The lowest BCUT2D eigenvalue weighted by Gasteiger charge is -2.21. The zero-order valence-corrected chi connectivity index (χ0v) is 11.0. The van der Waals surface area contributed by atoms with Crippen molar-refractivity contribution >= 4 is 32.7 Å². The minimum absolute atomic E-state index is 0.953. The number of nitrogens with zero attached hydrogens (tertiary/aromatic N) is 3. The van der Waals surface area contributed by atoms with Gasteiger partial charge in [0, 0.05) is 22.9 Å². The maximum Gasteiger partial charge on any atom is 0.139 e. The van der Waals surface area contributed by atoms with Crippen molar-refractivity contribution in [3.8, 4) is 0 Å². The van der Waals surface area contributed by atoms with E-state index < -0.39 is 0 Å². The Morgan fingerprint density at radius 3 is 2.62 bits per heavy atom. The number of benzene rings is 1. The van der Waals surface area contributed by atoms with Crippen molar-refractivity contribution in [1.29, 1.82) is 0 Å². The second-order valence-corrected chi connectivity index (χ2v) is 4.36. The zero-order chi connectivity index (χ0) is 11.5. The fourth-order valence-corrected chi connectivity index (χ4v) is 2.28. The summed E-state index contributed by atoms with van der Waals surface area (Å²) in [6.45, 7) is 6.18. The topological polar surface area (TPSA) is 29.0 Å². The van der Waals surface area contributed by atoms with Crippen LogP contribution in [0.2, 0.25) is 0 Å². The molecular formula is C12H14BrN3. The van der Waals surface area contributed by atoms with Crippen LogP contribution in [0, 0.1) is 0 Å². The molecule has 2 aromatic rings. The van der Waals surface area contributed by atoms with Gasteiger partial charge in [0.05, 0.1) is 5.52 Å². The van der Waals surface area contributed by atoms with Gasteiger partial charge in [-0.2, -0.15) is 0 Å². The largest absolute Gasteiger partial charge is 0.357 e. The van der Waals surface area contributed by atoms with Crippen LogP contribution in [0.5, 0.6) is 0 Å². The Bertz CT molecular complexity index is 495. The first-order chi connectivity index (χ1) is 7.77. The van der Waals surface area contributed by atoms with Crippen molar-refractivity contribution in [2.75, 3.05) is 18.0 Å². The van der Waals surface area contributed by atoms with E-state index in [4.69, 9.17) is 0 Å². The summed E-state index contributed by atoms with van der Waals surface area (Å²) in [4.78, 5) is 10.9. The van der Waals surface area contributed by atoms with E-state index in [0.29, 0.717) is 0 Å². The van der Waals surface area contributed by atoms with Gasteiger partial charge >= 0.3 is 0 Å². The Hall–Kier alpha value is -1.16. The minimum atomic E-state index is 0.953. The average molecular weight is 280 g/mol. The number of hydrogen-bond acceptors (Lipinski definition) is 3. The Morgan fingerprint density at radius 2 is 1.94 bits per heavy atom. The van der Waals surface area contributed by atoms with Gasteiger partial charge in [-0.3, -0.25) is 0 Å². The maximum atomic E-state index is 4.38. The number of hydrogen-bond donors (Lipinski definition) is 0. The molecule has 0 saturated heterocycles. The highest BCUT2D eigenvalue weighted by atomic mass is 79.9. The molecule has 3 nitrogen and oxygen atoms in total. The molecule has 4 heteroatoms. The van der Waals surface area contributed by atoms with Crippen LogP contribution < -0.4 is 4.90 Å². The second kappa shape index (κ2) is 4.78. The van der Waals surface area contributed by atoms with Crippen LogP contribution in [0.3, 0.4) is 0 Å². The first-order valence-electron chi connectivity index (χ1n) is 5.42. The molecule has 2 rings (SSSR count). The third kappa shape index (κ3) is 1.89. The molecule has 1 aromatic carbocycles. The molecule has 0 spiro atoms. The van der Waals surface area contributed by atoms with E-state index in [0.717, 1.165) is 34.3 Å². The summed E-state index contributed by atoms with van der Waals surface area (Å²) in [5.74, 6) is 1.01. The van der Waals surface area contributed by atoms with Crippen LogP contribution in [0.4, 0.5) is 5.82 Å². The van der Waals surface area contributed by atoms with Gasteiger partial charge in [0.2, 0.25) is 0 Å². The summed E-state index contributed by atoms with van der Waals surface area (Å²) in [7, 11) is 0. The number of aromatic nitrogens is 2. The molecule has 0 unspecified atom stereocenters. The monoisotopic (exact) mass is 279 g/mol. The van der Waals surface area contributed by atoms with Gasteiger partial charge in [-0.25, -0.2) is 9.97 Å². The summed E-state index contributed by atoms with van der Waals surface area (Å²) >= 11 is 3.52. The first-order valence-corrected chi connectivity index (χ1v) is 6.21. The Labute approximate surface area is 104 Å². The molecular weight excluding hydrogens is 266 g/mol. The van der Waals surface area contributed by atoms with Crippen LogP contribution in [0.1, 0.15) is 13.8 Å². The highest BCUT2D eigenvalue weighted by Gasteiger charge is 2.10. The molecule has 84 valence electrons. The van der Waals surface area contributed by atoms with E-state index in [-0.39, 0.29) is 0 Å². The van der Waals surface area contributed by atoms with Gasteiger partial charge in [-0.05, 0) is 41.9 Å². The molecule has 16 heavy (non-hydrogen) atoms. The molecule has 0 saturated carbocycles. The Balaban J connectivity index is 2.66. The average Bonchev–Trinajstić information content (AvgIpc) is 2.32. The lowest BCUT2D eigenvalue weighted by atomic mass is 10.2. The number of anilines is 1. The van der Waals surface area contributed by atoms with Crippen molar-refractivity contribution < 1.29 is 0 Å². The van der Waals surface area contributed by atoms with Crippen LogP contribution in [-0.4, -0.2) is 23.1 Å². The predicted molar refractivity (Wildman–Crippen MR) is 70.8 cm³/mol. The summed E-state index contributed by atoms with van der Waals surface area (Å²) in [5.41, 5.74) is 0.972. The van der Waals surface area contributed by atoms with Gasteiger partial charge in [-0.15, -0.1) is 0 Å².